The Morgan fingerprint density at radius 1 is 1.00 bits per heavy atom. The van der Waals surface area contributed by atoms with E-state index in [0.29, 0.717) is 11.3 Å². The van der Waals surface area contributed by atoms with Crippen molar-refractivity contribution in [1.82, 2.24) is 0 Å². The lowest BCUT2D eigenvalue weighted by molar-refractivity contribution is 0.600. The van der Waals surface area contributed by atoms with Gasteiger partial charge in [-0.3, -0.25) is 4.72 Å². The third-order valence-electron chi connectivity index (χ3n) is 2.58. The normalized spacial score (nSPS) is 11.4. The number of hydrogen-bond acceptors (Lipinski definition) is 3. The molecule has 0 spiro atoms. The highest BCUT2D eigenvalue weighted by Crippen LogP contribution is 2.33. The number of nitrogen functional groups attached to an aromatic ring is 1. The van der Waals surface area contributed by atoms with E-state index >= 15 is 0 Å². The van der Waals surface area contributed by atoms with Crippen molar-refractivity contribution in [2.45, 2.75) is 5.75 Å². The summed E-state index contributed by atoms with van der Waals surface area (Å²) < 4.78 is 26.7. The first-order chi connectivity index (χ1) is 9.77. The molecule has 0 aromatic heterocycles. The van der Waals surface area contributed by atoms with Gasteiger partial charge in [-0.1, -0.05) is 46.9 Å². The summed E-state index contributed by atoms with van der Waals surface area (Å²) in [7, 11) is -3.65. The minimum absolute atomic E-state index is 0.167. The van der Waals surface area contributed by atoms with Crippen molar-refractivity contribution < 1.29 is 8.42 Å². The van der Waals surface area contributed by atoms with Crippen molar-refractivity contribution in [2.75, 3.05) is 10.5 Å². The lowest BCUT2D eigenvalue weighted by Gasteiger charge is -2.11. The molecule has 0 aliphatic carbocycles. The first-order valence-electron chi connectivity index (χ1n) is 5.76. The first-order valence-corrected chi connectivity index (χ1v) is 8.55. The van der Waals surface area contributed by atoms with Crippen LogP contribution in [-0.4, -0.2) is 8.42 Å². The van der Waals surface area contributed by atoms with Gasteiger partial charge in [-0.15, -0.1) is 0 Å². The summed E-state index contributed by atoms with van der Waals surface area (Å²) in [6.07, 6.45) is 0. The van der Waals surface area contributed by atoms with Gasteiger partial charge in [0.2, 0.25) is 10.0 Å². The Kier molecular flexibility index (Phi) is 4.88. The van der Waals surface area contributed by atoms with E-state index in [1.165, 1.54) is 12.1 Å². The molecule has 0 heterocycles. The van der Waals surface area contributed by atoms with Crippen molar-refractivity contribution in [2.24, 2.45) is 0 Å². The molecule has 0 aliphatic rings. The van der Waals surface area contributed by atoms with Crippen LogP contribution in [0, 0.1) is 0 Å². The zero-order valence-corrected chi connectivity index (χ0v) is 13.7. The summed E-state index contributed by atoms with van der Waals surface area (Å²) in [5.41, 5.74) is 6.86. The fourth-order valence-corrected chi connectivity index (χ4v) is 3.55. The van der Waals surface area contributed by atoms with Gasteiger partial charge < -0.3 is 5.73 Å². The molecule has 8 heteroatoms. The van der Waals surface area contributed by atoms with Crippen LogP contribution in [0.2, 0.25) is 15.1 Å². The number of nitrogens with two attached hydrogens (primary N) is 1. The molecule has 0 saturated carbocycles. The largest absolute Gasteiger partial charge is 0.399 e. The topological polar surface area (TPSA) is 72.2 Å². The molecule has 0 fully saturated rings. The van der Waals surface area contributed by atoms with E-state index in [9.17, 15) is 8.42 Å². The molecule has 0 radical (unpaired) electrons. The van der Waals surface area contributed by atoms with Crippen LogP contribution < -0.4 is 10.5 Å². The smallest absolute Gasteiger partial charge is 0.236 e. The van der Waals surface area contributed by atoms with E-state index in [1.807, 2.05) is 0 Å². The molecule has 0 unspecified atom stereocenters. The number of halogens is 3. The fraction of sp³-hybridized carbons (Fsp3) is 0.0769. The van der Waals surface area contributed by atoms with Crippen molar-refractivity contribution in [3.8, 4) is 0 Å². The number of benzene rings is 2. The van der Waals surface area contributed by atoms with Gasteiger partial charge in [0.1, 0.15) is 0 Å². The minimum atomic E-state index is -3.65. The average Bonchev–Trinajstić information content (AvgIpc) is 2.35. The second-order valence-electron chi connectivity index (χ2n) is 4.35. The molecule has 3 N–H and O–H groups in total. The van der Waals surface area contributed by atoms with Crippen molar-refractivity contribution in [3.63, 3.8) is 0 Å². The van der Waals surface area contributed by atoms with Crippen LogP contribution in [0.25, 0.3) is 0 Å². The van der Waals surface area contributed by atoms with Gasteiger partial charge in [0.25, 0.3) is 0 Å². The highest BCUT2D eigenvalue weighted by molar-refractivity contribution is 7.91. The predicted molar refractivity (Wildman–Crippen MR) is 88.6 cm³/mol. The van der Waals surface area contributed by atoms with E-state index in [-0.39, 0.29) is 26.5 Å². The fourth-order valence-electron chi connectivity index (χ4n) is 1.71. The Morgan fingerprint density at radius 2 is 1.67 bits per heavy atom. The molecule has 21 heavy (non-hydrogen) atoms. The van der Waals surface area contributed by atoms with E-state index in [4.69, 9.17) is 40.5 Å². The lowest BCUT2D eigenvalue weighted by atomic mass is 10.2. The Morgan fingerprint density at radius 3 is 2.33 bits per heavy atom. The number of sulfonamides is 1. The van der Waals surface area contributed by atoms with Gasteiger partial charge in [0.05, 0.1) is 26.5 Å². The number of anilines is 2. The van der Waals surface area contributed by atoms with Crippen LogP contribution in [0.1, 0.15) is 5.56 Å². The zero-order chi connectivity index (χ0) is 15.6. The van der Waals surface area contributed by atoms with Crippen LogP contribution in [-0.2, 0) is 15.8 Å². The van der Waals surface area contributed by atoms with Gasteiger partial charge in [0, 0.05) is 5.69 Å². The first kappa shape index (κ1) is 16.2. The van der Waals surface area contributed by atoms with Crippen LogP contribution >= 0.6 is 34.8 Å². The molecule has 0 amide bonds. The third-order valence-corrected chi connectivity index (χ3v) is 4.86. The Bertz CT molecular complexity index is 779. The van der Waals surface area contributed by atoms with Gasteiger partial charge in [-0.05, 0) is 29.8 Å². The summed E-state index contributed by atoms with van der Waals surface area (Å²) in [5, 5.41) is 0.628. The number of nitrogens with one attached hydrogen (secondary N) is 1. The number of hydrogen-bond donors (Lipinski definition) is 2. The summed E-state index contributed by atoms with van der Waals surface area (Å²) in [6, 6.07) is 9.38. The molecule has 2 aromatic carbocycles. The summed E-state index contributed by atoms with van der Waals surface area (Å²) in [5.74, 6) is -0.228. The Hall–Kier alpha value is -1.14. The van der Waals surface area contributed by atoms with Gasteiger partial charge in [0.15, 0.2) is 0 Å². The maximum Gasteiger partial charge on any atom is 0.236 e. The lowest BCUT2D eigenvalue weighted by Crippen LogP contribution is -2.15. The SMILES string of the molecule is Nc1cccc(CS(=O)(=O)Nc2cc(Cl)c(Cl)cc2Cl)c1. The van der Waals surface area contributed by atoms with E-state index < -0.39 is 10.0 Å². The molecule has 0 bridgehead atoms. The summed E-state index contributed by atoms with van der Waals surface area (Å²) in [4.78, 5) is 0. The third kappa shape index (κ3) is 4.41. The maximum atomic E-state index is 12.1. The van der Waals surface area contributed by atoms with Crippen LogP contribution in [0.4, 0.5) is 11.4 Å². The second-order valence-corrected chi connectivity index (χ2v) is 7.30. The summed E-state index contributed by atoms with van der Waals surface area (Å²) >= 11 is 17.6. The summed E-state index contributed by atoms with van der Waals surface area (Å²) in [6.45, 7) is 0. The standard InChI is InChI=1S/C13H11Cl3N2O2S/c14-10-5-12(16)13(6-11(10)15)18-21(19,20)7-8-2-1-3-9(17)4-8/h1-6,18H,7,17H2. The molecular formula is C13H11Cl3N2O2S. The van der Waals surface area contributed by atoms with Crippen LogP contribution in [0.5, 0.6) is 0 Å². The Labute approximate surface area is 137 Å². The van der Waals surface area contributed by atoms with Crippen LogP contribution in [0.3, 0.4) is 0 Å². The monoisotopic (exact) mass is 364 g/mol. The zero-order valence-electron chi connectivity index (χ0n) is 10.6. The Balaban J connectivity index is 2.24. The predicted octanol–water partition coefficient (Wildman–Crippen LogP) is 4.17. The van der Waals surface area contributed by atoms with E-state index in [0.717, 1.165) is 0 Å². The highest BCUT2D eigenvalue weighted by atomic mass is 35.5. The second kappa shape index (κ2) is 6.32. The van der Waals surface area contributed by atoms with Gasteiger partial charge >= 0.3 is 0 Å². The van der Waals surface area contributed by atoms with Gasteiger partial charge in [-0.2, -0.15) is 0 Å². The molecular weight excluding hydrogens is 355 g/mol. The van der Waals surface area contributed by atoms with E-state index in [2.05, 4.69) is 4.72 Å². The maximum absolute atomic E-state index is 12.1. The van der Waals surface area contributed by atoms with Crippen molar-refractivity contribution in [3.05, 3.63) is 57.0 Å². The van der Waals surface area contributed by atoms with Crippen molar-refractivity contribution in [1.29, 1.82) is 0 Å². The van der Waals surface area contributed by atoms with Gasteiger partial charge in [-0.25, -0.2) is 8.42 Å². The highest BCUT2D eigenvalue weighted by Gasteiger charge is 2.15. The molecule has 112 valence electrons. The molecule has 0 atom stereocenters. The molecule has 2 aromatic rings. The molecule has 4 nitrogen and oxygen atoms in total. The van der Waals surface area contributed by atoms with Crippen molar-refractivity contribution >= 4 is 56.2 Å². The molecule has 0 saturated heterocycles. The molecule has 0 aliphatic heterocycles. The average molecular weight is 366 g/mol. The quantitative estimate of drug-likeness (QED) is 0.631. The van der Waals surface area contributed by atoms with E-state index in [1.54, 1.807) is 24.3 Å². The molecule has 2 rings (SSSR count). The van der Waals surface area contributed by atoms with Crippen LogP contribution in [0.15, 0.2) is 36.4 Å². The number of rotatable bonds is 4. The minimum Gasteiger partial charge on any atom is -0.399 e.